The quantitative estimate of drug-likeness (QED) is 0.564. The predicted molar refractivity (Wildman–Crippen MR) is 89.1 cm³/mol. The molecule has 0 aliphatic carbocycles. The number of aryl methyl sites for hydroxylation is 1. The van der Waals surface area contributed by atoms with Gasteiger partial charge in [0.05, 0.1) is 17.4 Å². The first-order valence-electron chi connectivity index (χ1n) is 6.64. The van der Waals surface area contributed by atoms with Crippen LogP contribution in [0.15, 0.2) is 59.7 Å². The van der Waals surface area contributed by atoms with Gasteiger partial charge in [-0.25, -0.2) is 0 Å². The van der Waals surface area contributed by atoms with Gasteiger partial charge in [-0.2, -0.15) is 5.10 Å². The van der Waals surface area contributed by atoms with Crippen molar-refractivity contribution in [2.45, 2.75) is 6.92 Å². The third-order valence-electron chi connectivity index (χ3n) is 3.14. The summed E-state index contributed by atoms with van der Waals surface area (Å²) in [7, 11) is 0. The molecule has 2 aromatic carbocycles. The van der Waals surface area contributed by atoms with Crippen molar-refractivity contribution in [1.29, 1.82) is 0 Å². The largest absolute Gasteiger partial charge is 0.278 e. The summed E-state index contributed by atoms with van der Waals surface area (Å²) in [6.07, 6.45) is 1.72. The van der Waals surface area contributed by atoms with Crippen molar-refractivity contribution in [3.8, 4) is 0 Å². The van der Waals surface area contributed by atoms with Crippen LogP contribution in [0, 0.1) is 6.92 Å². The number of para-hydroxylation sites is 1. The van der Waals surface area contributed by atoms with Gasteiger partial charge in [0.15, 0.2) is 0 Å². The summed E-state index contributed by atoms with van der Waals surface area (Å²) in [4.78, 5) is 4.50. The van der Waals surface area contributed by atoms with E-state index in [9.17, 15) is 0 Å². The van der Waals surface area contributed by atoms with Crippen molar-refractivity contribution in [1.82, 2.24) is 4.98 Å². The number of hydrogen-bond donors (Lipinski definition) is 1. The van der Waals surface area contributed by atoms with E-state index < -0.39 is 0 Å². The van der Waals surface area contributed by atoms with Gasteiger partial charge in [0.25, 0.3) is 0 Å². The molecule has 0 fully saturated rings. The van der Waals surface area contributed by atoms with Gasteiger partial charge in [-0.1, -0.05) is 48.0 Å². The fourth-order valence-corrected chi connectivity index (χ4v) is 2.34. The Balaban J connectivity index is 1.90. The molecule has 4 heteroatoms. The molecule has 3 aromatic rings. The number of nitrogens with zero attached hydrogens (tertiary/aromatic N) is 2. The molecule has 0 amide bonds. The minimum absolute atomic E-state index is 0.679. The number of nitrogens with one attached hydrogen (secondary N) is 1. The van der Waals surface area contributed by atoms with E-state index in [1.807, 2.05) is 61.5 Å². The van der Waals surface area contributed by atoms with Gasteiger partial charge in [0.2, 0.25) is 0 Å². The van der Waals surface area contributed by atoms with E-state index in [0.29, 0.717) is 5.02 Å². The Kier molecular flexibility index (Phi) is 3.84. The second-order valence-electron chi connectivity index (χ2n) is 4.72. The zero-order chi connectivity index (χ0) is 14.7. The molecule has 0 spiro atoms. The van der Waals surface area contributed by atoms with Crippen LogP contribution in [0.25, 0.3) is 10.9 Å². The molecule has 0 unspecified atom stereocenters. The number of rotatable bonds is 3. The van der Waals surface area contributed by atoms with Crippen molar-refractivity contribution in [2.24, 2.45) is 5.10 Å². The molecule has 0 radical (unpaired) electrons. The summed E-state index contributed by atoms with van der Waals surface area (Å²) >= 11 is 6.10. The lowest BCUT2D eigenvalue weighted by Crippen LogP contribution is -1.95. The fourth-order valence-electron chi connectivity index (χ4n) is 2.15. The summed E-state index contributed by atoms with van der Waals surface area (Å²) in [6.45, 7) is 1.97. The Morgan fingerprint density at radius 1 is 1.10 bits per heavy atom. The molecule has 1 N–H and O–H groups in total. The molecule has 1 heterocycles. The lowest BCUT2D eigenvalue weighted by Gasteiger charge is -2.06. The standard InChI is InChI=1S/C17H14ClN3/c1-12-10-17(14-7-3-5-9-16(14)20-12)21-19-11-13-6-2-4-8-15(13)18/h2-11H,1H3,(H,20,21). The molecule has 0 saturated carbocycles. The molecule has 0 aliphatic rings. The summed E-state index contributed by atoms with van der Waals surface area (Å²) in [6, 6.07) is 17.5. The number of anilines is 1. The van der Waals surface area contributed by atoms with Crippen molar-refractivity contribution < 1.29 is 0 Å². The highest BCUT2D eigenvalue weighted by molar-refractivity contribution is 6.33. The number of hydrazone groups is 1. The molecule has 3 nitrogen and oxygen atoms in total. The average molecular weight is 296 g/mol. The lowest BCUT2D eigenvalue weighted by molar-refractivity contribution is 1.24. The van der Waals surface area contributed by atoms with Gasteiger partial charge in [-0.3, -0.25) is 10.4 Å². The Hall–Kier alpha value is -2.39. The van der Waals surface area contributed by atoms with E-state index >= 15 is 0 Å². The monoisotopic (exact) mass is 295 g/mol. The van der Waals surface area contributed by atoms with Gasteiger partial charge in [0, 0.05) is 21.7 Å². The first-order chi connectivity index (χ1) is 10.2. The Morgan fingerprint density at radius 2 is 1.86 bits per heavy atom. The maximum Gasteiger partial charge on any atom is 0.0726 e. The molecule has 0 bridgehead atoms. The van der Waals surface area contributed by atoms with Crippen molar-refractivity contribution >= 4 is 34.4 Å². The van der Waals surface area contributed by atoms with E-state index in [1.54, 1.807) is 6.21 Å². The maximum absolute atomic E-state index is 6.10. The van der Waals surface area contributed by atoms with Crippen LogP contribution >= 0.6 is 11.6 Å². The number of aromatic nitrogens is 1. The van der Waals surface area contributed by atoms with Crippen LogP contribution in [-0.4, -0.2) is 11.2 Å². The second-order valence-corrected chi connectivity index (χ2v) is 5.13. The highest BCUT2D eigenvalue weighted by Gasteiger charge is 2.02. The molecule has 1 aromatic heterocycles. The second kappa shape index (κ2) is 5.94. The third-order valence-corrected chi connectivity index (χ3v) is 3.48. The number of pyridine rings is 1. The SMILES string of the molecule is Cc1cc(NN=Cc2ccccc2Cl)c2ccccc2n1. The minimum atomic E-state index is 0.679. The zero-order valence-electron chi connectivity index (χ0n) is 11.5. The summed E-state index contributed by atoms with van der Waals surface area (Å²) in [5, 5.41) is 6.00. The van der Waals surface area contributed by atoms with Gasteiger partial charge >= 0.3 is 0 Å². The summed E-state index contributed by atoms with van der Waals surface area (Å²) in [5.41, 5.74) is 6.78. The van der Waals surface area contributed by atoms with E-state index in [2.05, 4.69) is 15.5 Å². The maximum atomic E-state index is 6.10. The molecule has 0 atom stereocenters. The number of benzene rings is 2. The molecular weight excluding hydrogens is 282 g/mol. The van der Waals surface area contributed by atoms with E-state index in [0.717, 1.165) is 27.8 Å². The van der Waals surface area contributed by atoms with Gasteiger partial charge in [-0.15, -0.1) is 0 Å². The van der Waals surface area contributed by atoms with Crippen LogP contribution in [0.5, 0.6) is 0 Å². The van der Waals surface area contributed by atoms with Crippen LogP contribution in [0.4, 0.5) is 5.69 Å². The smallest absolute Gasteiger partial charge is 0.0726 e. The molecular formula is C17H14ClN3. The number of hydrogen-bond acceptors (Lipinski definition) is 3. The van der Waals surface area contributed by atoms with Crippen molar-refractivity contribution in [3.63, 3.8) is 0 Å². The predicted octanol–water partition coefficient (Wildman–Crippen LogP) is 4.64. The fraction of sp³-hybridized carbons (Fsp3) is 0.0588. The van der Waals surface area contributed by atoms with Gasteiger partial charge in [0.1, 0.15) is 0 Å². The van der Waals surface area contributed by atoms with E-state index in [4.69, 9.17) is 11.6 Å². The molecule has 21 heavy (non-hydrogen) atoms. The van der Waals surface area contributed by atoms with Crippen LogP contribution in [-0.2, 0) is 0 Å². The van der Waals surface area contributed by atoms with Gasteiger partial charge in [-0.05, 0) is 25.1 Å². The first-order valence-corrected chi connectivity index (χ1v) is 7.02. The topological polar surface area (TPSA) is 37.3 Å². The summed E-state index contributed by atoms with van der Waals surface area (Å²) in [5.74, 6) is 0. The molecule has 0 aliphatic heterocycles. The number of halogens is 1. The Bertz CT molecular complexity index is 812. The number of fused-ring (bicyclic) bond motifs is 1. The molecule has 3 rings (SSSR count). The van der Waals surface area contributed by atoms with E-state index in [-0.39, 0.29) is 0 Å². The molecule has 0 saturated heterocycles. The average Bonchev–Trinajstić information content (AvgIpc) is 2.49. The van der Waals surface area contributed by atoms with Crippen molar-refractivity contribution in [3.05, 3.63) is 70.9 Å². The van der Waals surface area contributed by atoms with E-state index in [1.165, 1.54) is 0 Å². The highest BCUT2D eigenvalue weighted by atomic mass is 35.5. The lowest BCUT2D eigenvalue weighted by atomic mass is 10.1. The summed E-state index contributed by atoms with van der Waals surface area (Å²) < 4.78 is 0. The third kappa shape index (κ3) is 3.03. The van der Waals surface area contributed by atoms with Crippen LogP contribution in [0.2, 0.25) is 5.02 Å². The van der Waals surface area contributed by atoms with Crippen LogP contribution in [0.1, 0.15) is 11.3 Å². The van der Waals surface area contributed by atoms with Crippen molar-refractivity contribution in [2.75, 3.05) is 5.43 Å². The zero-order valence-corrected chi connectivity index (χ0v) is 12.3. The highest BCUT2D eigenvalue weighted by Crippen LogP contribution is 2.22. The Labute approximate surface area is 128 Å². The van der Waals surface area contributed by atoms with Gasteiger partial charge < -0.3 is 0 Å². The minimum Gasteiger partial charge on any atom is -0.278 e. The van der Waals surface area contributed by atoms with Crippen LogP contribution in [0.3, 0.4) is 0 Å². The first kappa shape index (κ1) is 13.6. The normalized spacial score (nSPS) is 11.1. The van der Waals surface area contributed by atoms with Crippen LogP contribution < -0.4 is 5.43 Å². The molecule has 104 valence electrons. The Morgan fingerprint density at radius 3 is 2.71 bits per heavy atom.